The van der Waals surface area contributed by atoms with E-state index in [1.165, 1.54) is 12.7 Å². The molecule has 12 aromatic rings. The zero-order valence-corrected chi connectivity index (χ0v) is 50.2. The van der Waals surface area contributed by atoms with Crippen LogP contribution in [0.3, 0.4) is 0 Å². The van der Waals surface area contributed by atoms with E-state index >= 15 is 0 Å². The van der Waals surface area contributed by atoms with Gasteiger partial charge < -0.3 is 13.7 Å². The molecule has 0 bridgehead atoms. The van der Waals surface area contributed by atoms with Gasteiger partial charge in [-0.1, -0.05) is 54.6 Å². The van der Waals surface area contributed by atoms with Crippen molar-refractivity contribution in [2.45, 2.75) is 41.5 Å². The van der Waals surface area contributed by atoms with E-state index in [1.807, 2.05) is 89.5 Å². The van der Waals surface area contributed by atoms with Crippen molar-refractivity contribution in [3.63, 3.8) is 0 Å². The second-order valence-electron chi connectivity index (χ2n) is 17.4. The summed E-state index contributed by atoms with van der Waals surface area (Å²) in [6.07, 6.45) is 11.7. The van der Waals surface area contributed by atoms with Gasteiger partial charge in [0.2, 0.25) is 0 Å². The molecule has 0 saturated heterocycles. The molecule has 0 N–H and O–H groups in total. The van der Waals surface area contributed by atoms with Crippen LogP contribution in [0.2, 0.25) is 0 Å². The number of aromatic nitrogens is 15. The minimum absolute atomic E-state index is 0. The smallest absolute Gasteiger partial charge is 0.197 e. The van der Waals surface area contributed by atoms with E-state index in [2.05, 4.69) is 178 Å². The van der Waals surface area contributed by atoms with Gasteiger partial charge >= 0.3 is 0 Å². The standard InChI is InChI=1S/3C20H16N5.3Ir/c1-14-8-6-9-15(2)17(14)25-19(16-10-4-3-5-11-16)23-24-20(25)18-21-12-7-13-22-18;1-14-7-6-8-15(2)18(14)25-19(16-9-4-3-5-10-16)23-24-20(25)17-11-21-13-22-12-17;1-14-7-6-8-15(2)18(14)25-19(16-9-4-3-5-10-16)23-24-20(25)17-11-12-21-13-22-17;;;/h3-10,12-13H,1-2H3;2*3-9,11-13H,1-2H3;;;/q3*-1;;;. The molecule has 0 unspecified atom stereocenters. The molecule has 3 radical (unpaired) electrons. The molecule has 393 valence electrons. The molecule has 0 amide bonds. The quantitative estimate of drug-likeness (QED) is 0.126. The first-order valence-corrected chi connectivity index (χ1v) is 24.0. The van der Waals surface area contributed by atoms with Crippen LogP contribution >= 0.6 is 0 Å². The number of aryl methyl sites for hydroxylation is 6. The van der Waals surface area contributed by atoms with Crippen molar-refractivity contribution in [1.82, 2.24) is 74.2 Å². The summed E-state index contributed by atoms with van der Waals surface area (Å²) < 4.78 is 6.14. The van der Waals surface area contributed by atoms with Crippen molar-refractivity contribution in [3.05, 3.63) is 235 Å². The Balaban J connectivity index is 0.000000166. The van der Waals surface area contributed by atoms with Crippen LogP contribution in [0.4, 0.5) is 0 Å². The van der Waals surface area contributed by atoms with E-state index in [9.17, 15) is 0 Å². The Hall–Kier alpha value is -8.07. The summed E-state index contributed by atoms with van der Waals surface area (Å²) in [5.41, 5.74) is 14.2. The van der Waals surface area contributed by atoms with Crippen LogP contribution in [0, 0.1) is 59.7 Å². The minimum atomic E-state index is 0. The van der Waals surface area contributed by atoms with Crippen LogP contribution in [0.25, 0.3) is 85.8 Å². The Morgan fingerprint density at radius 3 is 1.12 bits per heavy atom. The molecular formula is C60H48Ir3N15-3. The maximum atomic E-state index is 4.45. The fourth-order valence-electron chi connectivity index (χ4n) is 8.83. The molecule has 0 aliphatic heterocycles. The third-order valence-corrected chi connectivity index (χ3v) is 12.2. The fraction of sp³-hybridized carbons (Fsp3) is 0.100. The molecule has 0 saturated carbocycles. The molecule has 15 nitrogen and oxygen atoms in total. The molecule has 0 aliphatic rings. The number of rotatable bonds is 9. The molecule has 0 aliphatic carbocycles. The van der Waals surface area contributed by atoms with E-state index < -0.39 is 0 Å². The predicted molar refractivity (Wildman–Crippen MR) is 288 cm³/mol. The number of hydrogen-bond acceptors (Lipinski definition) is 12. The predicted octanol–water partition coefficient (Wildman–Crippen LogP) is 11.4. The average molecular weight is 1560 g/mol. The van der Waals surface area contributed by atoms with Gasteiger partial charge in [0.15, 0.2) is 23.3 Å². The van der Waals surface area contributed by atoms with Gasteiger partial charge in [0.25, 0.3) is 0 Å². The molecular weight excluding hydrogens is 1510 g/mol. The van der Waals surface area contributed by atoms with Crippen LogP contribution < -0.4 is 0 Å². The normalized spacial score (nSPS) is 10.4. The van der Waals surface area contributed by atoms with Crippen molar-refractivity contribution in [2.75, 3.05) is 0 Å². The second kappa shape index (κ2) is 26.8. The monoisotopic (exact) mass is 1560 g/mol. The van der Waals surface area contributed by atoms with Gasteiger partial charge in [-0.2, -0.15) is 15.3 Å². The molecule has 6 heterocycles. The zero-order chi connectivity index (χ0) is 51.7. The maximum absolute atomic E-state index is 4.45. The van der Waals surface area contributed by atoms with Crippen molar-refractivity contribution < 1.29 is 60.3 Å². The van der Waals surface area contributed by atoms with Crippen LogP contribution in [-0.4, -0.2) is 74.2 Å². The van der Waals surface area contributed by atoms with Gasteiger partial charge in [-0.05, 0) is 87.1 Å². The van der Waals surface area contributed by atoms with E-state index in [-0.39, 0.29) is 60.3 Å². The maximum Gasteiger partial charge on any atom is 0.197 e. The summed E-state index contributed by atoms with van der Waals surface area (Å²) >= 11 is 0. The summed E-state index contributed by atoms with van der Waals surface area (Å²) in [6, 6.07) is 55.3. The summed E-state index contributed by atoms with van der Waals surface area (Å²) in [7, 11) is 0. The van der Waals surface area contributed by atoms with Gasteiger partial charge in [-0.3, -0.25) is 0 Å². The third kappa shape index (κ3) is 12.4. The fourth-order valence-corrected chi connectivity index (χ4v) is 8.83. The van der Waals surface area contributed by atoms with Gasteiger partial charge in [-0.15, -0.1) is 123 Å². The van der Waals surface area contributed by atoms with Crippen LogP contribution in [0.15, 0.2) is 183 Å². The molecule has 0 fully saturated rings. The first kappa shape index (κ1) is 57.6. The first-order valence-electron chi connectivity index (χ1n) is 24.0. The van der Waals surface area contributed by atoms with Crippen LogP contribution in [0.1, 0.15) is 33.4 Å². The summed E-state index contributed by atoms with van der Waals surface area (Å²) in [5.74, 6) is 4.77. The largest absolute Gasteiger partial charge is 0.315 e. The summed E-state index contributed by atoms with van der Waals surface area (Å²) in [6.45, 7) is 12.5. The number of nitrogens with zero attached hydrogens (tertiary/aromatic N) is 15. The van der Waals surface area contributed by atoms with Gasteiger partial charge in [0.1, 0.15) is 18.3 Å². The molecule has 78 heavy (non-hydrogen) atoms. The molecule has 6 aromatic carbocycles. The SMILES string of the molecule is Cc1cccc(C)c1-n1c(-c2[c-]cccc2)nnc1-c1ccncn1.Cc1cccc(C)c1-n1c(-c2[c-]cccc2)nnc1-c1cncnc1.Cc1cccc(C)c1-n1c(-c2[c-]cccc2)nnc1-c1ncccn1.[Ir].[Ir].[Ir]. The Bertz CT molecular complexity index is 3210. The molecule has 12 rings (SSSR count). The third-order valence-electron chi connectivity index (χ3n) is 12.2. The average Bonchev–Trinajstić information content (AvgIpc) is 4.27. The first-order chi connectivity index (χ1) is 36.8. The number of benzene rings is 6. The molecule has 0 atom stereocenters. The van der Waals surface area contributed by atoms with E-state index in [4.69, 9.17) is 0 Å². The Labute approximate surface area is 492 Å². The van der Waals surface area contributed by atoms with Crippen molar-refractivity contribution in [1.29, 1.82) is 0 Å². The van der Waals surface area contributed by atoms with Crippen molar-refractivity contribution in [3.8, 4) is 85.8 Å². The summed E-state index contributed by atoms with van der Waals surface area (Å²) in [4.78, 5) is 25.3. The number of hydrogen-bond donors (Lipinski definition) is 0. The van der Waals surface area contributed by atoms with Gasteiger partial charge in [0, 0.05) is 108 Å². The second-order valence-corrected chi connectivity index (χ2v) is 17.4. The van der Waals surface area contributed by atoms with E-state index in [0.29, 0.717) is 23.3 Å². The molecule has 18 heteroatoms. The van der Waals surface area contributed by atoms with Crippen molar-refractivity contribution >= 4 is 0 Å². The van der Waals surface area contributed by atoms with E-state index in [0.717, 1.165) is 95.9 Å². The summed E-state index contributed by atoms with van der Waals surface area (Å²) in [5, 5.41) is 26.6. The zero-order valence-electron chi connectivity index (χ0n) is 43.0. The van der Waals surface area contributed by atoms with Gasteiger partial charge in [0.05, 0.1) is 23.0 Å². The van der Waals surface area contributed by atoms with Crippen LogP contribution in [-0.2, 0) is 60.3 Å². The molecule has 0 spiro atoms. The minimum Gasteiger partial charge on any atom is -0.315 e. The topological polar surface area (TPSA) is 169 Å². The van der Waals surface area contributed by atoms with Crippen LogP contribution in [0.5, 0.6) is 0 Å². The number of para-hydroxylation sites is 3. The Morgan fingerprint density at radius 1 is 0.333 bits per heavy atom. The molecule has 6 aromatic heterocycles. The van der Waals surface area contributed by atoms with Gasteiger partial charge in [-0.25, -0.2) is 29.9 Å². The Kier molecular flexibility index (Phi) is 19.8. The van der Waals surface area contributed by atoms with Crippen molar-refractivity contribution in [2.24, 2.45) is 0 Å². The van der Waals surface area contributed by atoms with E-state index in [1.54, 1.807) is 37.1 Å². The Morgan fingerprint density at radius 2 is 0.718 bits per heavy atom.